The highest BCUT2D eigenvalue weighted by Crippen LogP contribution is 2.71. The number of thioether (sulfide) groups is 1. The molecule has 1 spiro atoms. The lowest BCUT2D eigenvalue weighted by molar-refractivity contribution is -0.143. The molecular formula is C31H45N3O5S. The van der Waals surface area contributed by atoms with Gasteiger partial charge in [-0.15, -0.1) is 11.8 Å². The number of likely N-dealkylation sites (tertiary alicyclic amines) is 1. The zero-order chi connectivity index (χ0) is 28.7. The molecule has 2 bridgehead atoms. The molecule has 0 aromatic heterocycles. The van der Waals surface area contributed by atoms with Crippen LogP contribution in [0.4, 0.5) is 5.69 Å². The summed E-state index contributed by atoms with van der Waals surface area (Å²) in [6.45, 7) is 8.49. The van der Waals surface area contributed by atoms with Crippen molar-refractivity contribution < 1.29 is 24.2 Å². The molecule has 2 unspecified atom stereocenters. The fraction of sp³-hybridized carbons (Fsp3) is 0.710. The Morgan fingerprint density at radius 2 is 1.82 bits per heavy atom. The molecule has 0 radical (unpaired) electrons. The third-order valence-electron chi connectivity index (χ3n) is 9.48. The Morgan fingerprint density at radius 3 is 2.45 bits per heavy atom. The second-order valence-corrected chi connectivity index (χ2v) is 14.6. The molecular weight excluding hydrogens is 526 g/mol. The van der Waals surface area contributed by atoms with Crippen LogP contribution in [0.1, 0.15) is 79.1 Å². The van der Waals surface area contributed by atoms with Crippen LogP contribution in [0.25, 0.3) is 0 Å². The van der Waals surface area contributed by atoms with Crippen LogP contribution in [0.3, 0.4) is 0 Å². The Labute approximate surface area is 242 Å². The molecule has 3 amide bonds. The maximum atomic E-state index is 14.4. The first-order chi connectivity index (χ1) is 19.1. The van der Waals surface area contributed by atoms with Gasteiger partial charge in [-0.1, -0.05) is 33.1 Å². The van der Waals surface area contributed by atoms with Gasteiger partial charge in [-0.05, 0) is 76.1 Å². The number of carbonyl (C=O) groups is 3. The molecule has 1 saturated carbocycles. The van der Waals surface area contributed by atoms with Crippen LogP contribution >= 0.6 is 11.8 Å². The second-order valence-electron chi connectivity index (χ2n) is 12.7. The summed E-state index contributed by atoms with van der Waals surface area (Å²) >= 11 is 1.67. The maximum Gasteiger partial charge on any atom is 0.244 e. The van der Waals surface area contributed by atoms with Crippen molar-refractivity contribution >= 4 is 35.2 Å². The first-order valence-corrected chi connectivity index (χ1v) is 15.9. The monoisotopic (exact) mass is 571 g/mol. The molecule has 9 heteroatoms. The van der Waals surface area contributed by atoms with E-state index in [0.29, 0.717) is 25.1 Å². The Kier molecular flexibility index (Phi) is 8.44. The first kappa shape index (κ1) is 29.2. The SMILES string of the molecule is CCOc1ccc(NC(=O)[C@H]2[C@H]3C(=O)N([C@@H](CO)CC(C)C)C(C(=O)NC4CCCCC4)C34CC[C@]2(C)S4)cc1. The van der Waals surface area contributed by atoms with Crippen LogP contribution in [-0.4, -0.2) is 68.6 Å². The third kappa shape index (κ3) is 5.13. The Hall–Kier alpha value is -2.26. The van der Waals surface area contributed by atoms with Gasteiger partial charge < -0.3 is 25.4 Å². The van der Waals surface area contributed by atoms with Gasteiger partial charge in [0.05, 0.1) is 35.8 Å². The number of hydrogen-bond acceptors (Lipinski definition) is 6. The van der Waals surface area contributed by atoms with Crippen molar-refractivity contribution in [1.82, 2.24) is 10.2 Å². The van der Waals surface area contributed by atoms with E-state index in [0.717, 1.165) is 37.9 Å². The van der Waals surface area contributed by atoms with Gasteiger partial charge in [0.2, 0.25) is 17.7 Å². The fourth-order valence-corrected chi connectivity index (χ4v) is 10.2. The smallest absolute Gasteiger partial charge is 0.244 e. The molecule has 1 aliphatic carbocycles. The van der Waals surface area contributed by atoms with E-state index in [1.807, 2.05) is 31.2 Å². The lowest BCUT2D eigenvalue weighted by Gasteiger charge is -2.38. The molecule has 4 aliphatic rings. The van der Waals surface area contributed by atoms with Crippen molar-refractivity contribution in [1.29, 1.82) is 0 Å². The number of carbonyl (C=O) groups excluding carboxylic acids is 3. The summed E-state index contributed by atoms with van der Waals surface area (Å²) < 4.78 is 4.40. The van der Waals surface area contributed by atoms with Crippen LogP contribution < -0.4 is 15.4 Å². The number of fused-ring (bicyclic) bond motifs is 1. The molecule has 3 N–H and O–H groups in total. The Balaban J connectivity index is 1.47. The highest BCUT2D eigenvalue weighted by Gasteiger charge is 2.77. The minimum Gasteiger partial charge on any atom is -0.494 e. The van der Waals surface area contributed by atoms with Crippen molar-refractivity contribution in [3.63, 3.8) is 0 Å². The molecule has 6 atom stereocenters. The molecule has 5 rings (SSSR count). The largest absolute Gasteiger partial charge is 0.494 e. The van der Waals surface area contributed by atoms with Crippen LogP contribution in [0.2, 0.25) is 0 Å². The molecule has 3 saturated heterocycles. The van der Waals surface area contributed by atoms with E-state index in [2.05, 4.69) is 31.4 Å². The van der Waals surface area contributed by atoms with Gasteiger partial charge in [0, 0.05) is 16.5 Å². The van der Waals surface area contributed by atoms with Crippen molar-refractivity contribution in [2.75, 3.05) is 18.5 Å². The van der Waals surface area contributed by atoms with Crippen LogP contribution in [0.5, 0.6) is 5.75 Å². The van der Waals surface area contributed by atoms with Gasteiger partial charge in [0.25, 0.3) is 0 Å². The van der Waals surface area contributed by atoms with Crippen molar-refractivity contribution in [3.8, 4) is 5.75 Å². The van der Waals surface area contributed by atoms with E-state index >= 15 is 0 Å². The standard InChI is InChI=1S/C31H45N3O5S/c1-5-39-23-13-11-21(12-14-23)32-27(36)24-25-29(38)34(22(18-35)17-19(2)3)26(31(25)16-15-30(24,4)40-31)28(37)33-20-9-7-6-8-10-20/h11-14,19-20,22,24-26,35H,5-10,15-18H2,1-4H3,(H,32,36)(H,33,37)/t22-,24-,25+,26?,30+,31?/m1/s1. The van der Waals surface area contributed by atoms with E-state index in [1.165, 1.54) is 6.42 Å². The predicted molar refractivity (Wildman–Crippen MR) is 157 cm³/mol. The number of amides is 3. The summed E-state index contributed by atoms with van der Waals surface area (Å²) in [5, 5.41) is 16.8. The van der Waals surface area contributed by atoms with E-state index in [4.69, 9.17) is 4.74 Å². The van der Waals surface area contributed by atoms with Gasteiger partial charge in [-0.3, -0.25) is 14.4 Å². The van der Waals surface area contributed by atoms with Gasteiger partial charge in [0.15, 0.2) is 0 Å². The van der Waals surface area contributed by atoms with Crippen LogP contribution in [-0.2, 0) is 14.4 Å². The first-order valence-electron chi connectivity index (χ1n) is 15.1. The van der Waals surface area contributed by atoms with Crippen LogP contribution in [0.15, 0.2) is 24.3 Å². The van der Waals surface area contributed by atoms with Gasteiger partial charge in [0.1, 0.15) is 11.8 Å². The average Bonchev–Trinajstić information content (AvgIpc) is 3.49. The second kappa shape index (κ2) is 11.6. The molecule has 1 aromatic rings. The number of ether oxygens (including phenoxy) is 1. The summed E-state index contributed by atoms with van der Waals surface area (Å²) in [5.74, 6) is -0.668. The van der Waals surface area contributed by atoms with Crippen molar-refractivity contribution in [3.05, 3.63) is 24.3 Å². The molecule has 3 aliphatic heterocycles. The maximum absolute atomic E-state index is 14.4. The van der Waals surface area contributed by atoms with Crippen molar-refractivity contribution in [2.45, 2.75) is 107 Å². The van der Waals surface area contributed by atoms with Crippen molar-refractivity contribution in [2.24, 2.45) is 17.8 Å². The number of nitrogens with zero attached hydrogens (tertiary/aromatic N) is 1. The lowest BCUT2D eigenvalue weighted by Crippen LogP contribution is -2.58. The summed E-state index contributed by atoms with van der Waals surface area (Å²) in [6, 6.07) is 6.23. The fourth-order valence-electron chi connectivity index (χ4n) is 7.83. The van der Waals surface area contributed by atoms with E-state index in [1.54, 1.807) is 16.7 Å². The average molecular weight is 572 g/mol. The number of aliphatic hydroxyl groups excluding tert-OH is 1. The normalized spacial score (nSPS) is 32.3. The van der Waals surface area contributed by atoms with E-state index in [9.17, 15) is 19.5 Å². The van der Waals surface area contributed by atoms with Crippen LogP contribution in [0, 0.1) is 17.8 Å². The minimum absolute atomic E-state index is 0.115. The minimum atomic E-state index is -0.696. The molecule has 8 nitrogen and oxygen atoms in total. The predicted octanol–water partition coefficient (Wildman–Crippen LogP) is 4.36. The number of nitrogens with one attached hydrogen (secondary N) is 2. The van der Waals surface area contributed by atoms with Gasteiger partial charge >= 0.3 is 0 Å². The number of benzene rings is 1. The third-order valence-corrected chi connectivity index (χ3v) is 11.5. The molecule has 4 fully saturated rings. The molecule has 40 heavy (non-hydrogen) atoms. The number of aliphatic hydroxyl groups is 1. The number of anilines is 1. The molecule has 1 aromatic carbocycles. The van der Waals surface area contributed by atoms with Gasteiger partial charge in [-0.2, -0.15) is 0 Å². The quantitative estimate of drug-likeness (QED) is 0.385. The Morgan fingerprint density at radius 1 is 1.12 bits per heavy atom. The summed E-state index contributed by atoms with van der Waals surface area (Å²) in [6.07, 6.45) is 7.36. The van der Waals surface area contributed by atoms with Gasteiger partial charge in [-0.25, -0.2) is 0 Å². The molecule has 3 heterocycles. The highest BCUT2D eigenvalue weighted by molar-refractivity contribution is 8.02. The lowest BCUT2D eigenvalue weighted by atomic mass is 9.66. The van der Waals surface area contributed by atoms with E-state index < -0.39 is 33.4 Å². The summed E-state index contributed by atoms with van der Waals surface area (Å²) in [5.41, 5.74) is 0.654. The number of rotatable bonds is 10. The number of hydrogen-bond donors (Lipinski definition) is 3. The zero-order valence-corrected chi connectivity index (χ0v) is 25.1. The topological polar surface area (TPSA) is 108 Å². The Bertz CT molecular complexity index is 1110. The summed E-state index contributed by atoms with van der Waals surface area (Å²) in [4.78, 5) is 44.2. The summed E-state index contributed by atoms with van der Waals surface area (Å²) in [7, 11) is 0. The van der Waals surface area contributed by atoms with E-state index in [-0.39, 0.29) is 36.3 Å². The molecule has 220 valence electrons. The highest BCUT2D eigenvalue weighted by atomic mass is 32.2. The zero-order valence-electron chi connectivity index (χ0n) is 24.3.